The first-order chi connectivity index (χ1) is 16.0. The van der Waals surface area contributed by atoms with Crippen LogP contribution in [0.2, 0.25) is 11.1 Å². The lowest BCUT2D eigenvalue weighted by atomic mass is 10.4. The maximum atomic E-state index is 7.97. The summed E-state index contributed by atoms with van der Waals surface area (Å²) in [5.41, 5.74) is 0.723. The van der Waals surface area contributed by atoms with Gasteiger partial charge in [-0.1, -0.05) is 149 Å². The highest BCUT2D eigenvalue weighted by atomic mass is 28.4. The van der Waals surface area contributed by atoms with Crippen molar-refractivity contribution in [2.75, 3.05) is 0 Å². The molecule has 0 fully saturated rings. The normalized spacial score (nSPS) is 12.3. The average molecular weight is 467 g/mol. The van der Waals surface area contributed by atoms with Crippen molar-refractivity contribution in [2.45, 2.75) is 38.8 Å². The van der Waals surface area contributed by atoms with Crippen LogP contribution in [0.15, 0.2) is 121 Å². The van der Waals surface area contributed by atoms with E-state index in [4.69, 9.17) is 4.12 Å². The van der Waals surface area contributed by atoms with Gasteiger partial charge in [-0.25, -0.2) is 0 Å². The molecule has 0 aliphatic carbocycles. The summed E-state index contributed by atoms with van der Waals surface area (Å²) in [4.78, 5) is 0. The lowest BCUT2D eigenvalue weighted by Crippen LogP contribution is -2.75. The molecule has 4 rings (SSSR count). The molecule has 0 spiro atoms. The minimum absolute atomic E-state index is 0.361. The Labute approximate surface area is 201 Å². The second-order valence-electron chi connectivity index (χ2n) is 9.35. The monoisotopic (exact) mass is 466 g/mol. The number of hydrogen-bond acceptors (Lipinski definition) is 1. The molecule has 0 bridgehead atoms. The van der Waals surface area contributed by atoms with Crippen molar-refractivity contribution < 1.29 is 4.12 Å². The van der Waals surface area contributed by atoms with Crippen LogP contribution in [0.4, 0.5) is 0 Å². The first-order valence-corrected chi connectivity index (χ1v) is 15.9. The van der Waals surface area contributed by atoms with Gasteiger partial charge in [0.25, 0.3) is 0 Å². The Hall–Kier alpha value is -2.73. The Morgan fingerprint density at radius 3 is 0.788 bits per heavy atom. The Balaban J connectivity index is 2.06. The van der Waals surface area contributed by atoms with Gasteiger partial charge in [0, 0.05) is 0 Å². The van der Waals surface area contributed by atoms with Crippen LogP contribution >= 0.6 is 0 Å². The van der Waals surface area contributed by atoms with Crippen LogP contribution < -0.4 is 20.7 Å². The molecule has 4 aromatic carbocycles. The third-order valence-electron chi connectivity index (χ3n) is 6.76. The van der Waals surface area contributed by atoms with Crippen LogP contribution in [0.25, 0.3) is 0 Å². The number of rotatable bonds is 8. The summed E-state index contributed by atoms with van der Waals surface area (Å²) in [6, 6.07) is 44.0. The van der Waals surface area contributed by atoms with Crippen LogP contribution in [-0.4, -0.2) is 16.6 Å². The summed E-state index contributed by atoms with van der Waals surface area (Å²) in [5.74, 6) is 0. The van der Waals surface area contributed by atoms with Crippen molar-refractivity contribution in [2.24, 2.45) is 0 Å². The summed E-state index contributed by atoms with van der Waals surface area (Å²) in [6.45, 7) is 9.40. The number of hydrogen-bond donors (Lipinski definition) is 0. The summed E-state index contributed by atoms with van der Waals surface area (Å²) < 4.78 is 7.97. The molecule has 168 valence electrons. The molecule has 0 heterocycles. The second kappa shape index (κ2) is 10.0. The molecule has 33 heavy (non-hydrogen) atoms. The van der Waals surface area contributed by atoms with Crippen LogP contribution in [-0.2, 0) is 4.12 Å². The zero-order valence-corrected chi connectivity index (χ0v) is 22.1. The first-order valence-electron chi connectivity index (χ1n) is 11.9. The minimum Gasteiger partial charge on any atom is -0.441 e. The molecule has 0 aliphatic rings. The molecule has 4 aromatic rings. The van der Waals surface area contributed by atoms with Crippen LogP contribution in [0.3, 0.4) is 0 Å². The average Bonchev–Trinajstić information content (AvgIpc) is 2.87. The van der Waals surface area contributed by atoms with Gasteiger partial charge in [-0.3, -0.25) is 0 Å². The maximum Gasteiger partial charge on any atom is 0.248 e. The summed E-state index contributed by atoms with van der Waals surface area (Å²) >= 11 is 0. The van der Waals surface area contributed by atoms with Gasteiger partial charge in [-0.15, -0.1) is 0 Å². The summed E-state index contributed by atoms with van der Waals surface area (Å²) in [5, 5.41) is 5.37. The second-order valence-corrected chi connectivity index (χ2v) is 17.7. The summed E-state index contributed by atoms with van der Waals surface area (Å²) in [7, 11) is -5.25. The zero-order valence-electron chi connectivity index (χ0n) is 20.1. The van der Waals surface area contributed by atoms with E-state index in [1.807, 2.05) is 0 Å². The molecule has 0 saturated carbocycles. The molecule has 0 atom stereocenters. The summed E-state index contributed by atoms with van der Waals surface area (Å²) in [6.07, 6.45) is 0. The van der Waals surface area contributed by atoms with E-state index < -0.39 is 16.6 Å². The van der Waals surface area contributed by atoms with Gasteiger partial charge in [-0.2, -0.15) is 0 Å². The van der Waals surface area contributed by atoms with Gasteiger partial charge in [0.15, 0.2) is 0 Å². The molecule has 0 aromatic heterocycles. The molecule has 0 aliphatic heterocycles. The van der Waals surface area contributed by atoms with E-state index in [-0.39, 0.29) is 0 Å². The molecular formula is C30H34OSi2. The molecular weight excluding hydrogens is 433 g/mol. The van der Waals surface area contributed by atoms with Crippen molar-refractivity contribution in [3.05, 3.63) is 121 Å². The lowest BCUT2D eigenvalue weighted by molar-refractivity contribution is 0.540. The van der Waals surface area contributed by atoms with Gasteiger partial charge < -0.3 is 4.12 Å². The van der Waals surface area contributed by atoms with E-state index in [0.29, 0.717) is 11.1 Å². The van der Waals surface area contributed by atoms with E-state index in [1.54, 1.807) is 0 Å². The Kier molecular flexibility index (Phi) is 7.13. The van der Waals surface area contributed by atoms with Crippen molar-refractivity contribution in [1.29, 1.82) is 0 Å². The smallest absolute Gasteiger partial charge is 0.248 e. The lowest BCUT2D eigenvalue weighted by Gasteiger charge is -2.47. The molecule has 0 N–H and O–H groups in total. The standard InChI is InChI=1S/C30H34OSi2/c1-25(2)32(27-17-9-5-10-18-27,28-19-11-6-12-20-28)31-33(26(3)4,29-21-13-7-14-22-29)30-23-15-8-16-24-30/h5-26H,1-4H3. The fraction of sp³-hybridized carbons (Fsp3) is 0.200. The molecule has 0 amide bonds. The molecule has 0 unspecified atom stereocenters. The van der Waals surface area contributed by atoms with E-state index in [0.717, 1.165) is 0 Å². The largest absolute Gasteiger partial charge is 0.441 e. The SMILES string of the molecule is CC(C)[Si](O[Si](c1ccccc1)(c1ccccc1)C(C)C)(c1ccccc1)c1ccccc1. The van der Waals surface area contributed by atoms with Crippen molar-refractivity contribution >= 4 is 37.4 Å². The fourth-order valence-electron chi connectivity index (χ4n) is 5.14. The highest BCUT2D eigenvalue weighted by Crippen LogP contribution is 2.32. The van der Waals surface area contributed by atoms with Crippen molar-refractivity contribution in [1.82, 2.24) is 0 Å². The van der Waals surface area contributed by atoms with Crippen LogP contribution in [0.1, 0.15) is 27.7 Å². The Bertz CT molecular complexity index is 955. The van der Waals surface area contributed by atoms with Gasteiger partial charge in [0.05, 0.1) is 0 Å². The van der Waals surface area contributed by atoms with E-state index in [9.17, 15) is 0 Å². The van der Waals surface area contributed by atoms with Crippen molar-refractivity contribution in [3.63, 3.8) is 0 Å². The third kappa shape index (κ3) is 4.29. The predicted molar refractivity (Wildman–Crippen MR) is 147 cm³/mol. The zero-order chi connectivity index (χ0) is 23.3. The quantitative estimate of drug-likeness (QED) is 0.318. The van der Waals surface area contributed by atoms with E-state index >= 15 is 0 Å². The molecule has 0 saturated heterocycles. The highest BCUT2D eigenvalue weighted by Gasteiger charge is 2.53. The van der Waals surface area contributed by atoms with Crippen LogP contribution in [0.5, 0.6) is 0 Å². The Morgan fingerprint density at radius 2 is 0.606 bits per heavy atom. The van der Waals surface area contributed by atoms with Gasteiger partial charge in [-0.05, 0) is 31.8 Å². The maximum absolute atomic E-state index is 7.97. The van der Waals surface area contributed by atoms with Gasteiger partial charge in [0.1, 0.15) is 0 Å². The predicted octanol–water partition coefficient (Wildman–Crippen LogP) is 5.34. The minimum atomic E-state index is -2.63. The number of benzene rings is 4. The topological polar surface area (TPSA) is 9.23 Å². The van der Waals surface area contributed by atoms with E-state index in [2.05, 4.69) is 149 Å². The molecule has 1 nitrogen and oxygen atoms in total. The first kappa shape index (κ1) is 23.4. The van der Waals surface area contributed by atoms with Crippen LogP contribution in [0, 0.1) is 0 Å². The Morgan fingerprint density at radius 1 is 0.394 bits per heavy atom. The molecule has 3 heteroatoms. The van der Waals surface area contributed by atoms with Crippen molar-refractivity contribution in [3.8, 4) is 0 Å². The third-order valence-corrected chi connectivity index (χ3v) is 17.4. The van der Waals surface area contributed by atoms with Gasteiger partial charge in [0.2, 0.25) is 16.6 Å². The fourth-order valence-corrected chi connectivity index (χ4v) is 17.0. The van der Waals surface area contributed by atoms with Gasteiger partial charge >= 0.3 is 0 Å². The van der Waals surface area contributed by atoms with E-state index in [1.165, 1.54) is 20.7 Å². The highest BCUT2D eigenvalue weighted by molar-refractivity contribution is 7.10. The molecule has 0 radical (unpaired) electrons.